The number of aliphatic imine (C=N–C) groups is 1. The molecule has 0 aromatic heterocycles. The molecule has 0 radical (unpaired) electrons. The van der Waals surface area contributed by atoms with E-state index >= 15 is 0 Å². The summed E-state index contributed by atoms with van der Waals surface area (Å²) in [6.45, 7) is 7.78. The normalized spacial score (nSPS) is 22.2. The minimum Gasteiger partial charge on any atom is -0.356 e. The van der Waals surface area contributed by atoms with E-state index in [1.54, 1.807) is 0 Å². The average molecular weight is 297 g/mol. The van der Waals surface area contributed by atoms with E-state index in [-0.39, 0.29) is 0 Å². The van der Waals surface area contributed by atoms with Crippen LogP contribution in [0.25, 0.3) is 0 Å². The van der Waals surface area contributed by atoms with Crippen LogP contribution < -0.4 is 5.32 Å². The van der Waals surface area contributed by atoms with Crippen molar-refractivity contribution in [1.29, 1.82) is 0 Å². The predicted octanol–water partition coefficient (Wildman–Crippen LogP) is 3.10. The molecule has 1 aromatic rings. The maximum absolute atomic E-state index is 5.35. The second-order valence-electron chi connectivity index (χ2n) is 5.79. The fourth-order valence-corrected chi connectivity index (χ4v) is 3.32. The molecule has 1 heterocycles. The molecule has 1 fully saturated rings. The quantitative estimate of drug-likeness (QED) is 0.525. The number of hydrogen-bond acceptors (Lipinski definition) is 1. The smallest absolute Gasteiger partial charge is 0.194 e. The summed E-state index contributed by atoms with van der Waals surface area (Å²) in [7, 11) is 0. The summed E-state index contributed by atoms with van der Waals surface area (Å²) in [5.74, 6) is 4.87. The van der Waals surface area contributed by atoms with Crippen LogP contribution in [-0.2, 0) is 0 Å². The highest BCUT2D eigenvalue weighted by molar-refractivity contribution is 5.80. The van der Waals surface area contributed by atoms with Crippen molar-refractivity contribution in [3.63, 3.8) is 0 Å². The summed E-state index contributed by atoms with van der Waals surface area (Å²) in [5, 5.41) is 3.37. The molecule has 1 aliphatic rings. The zero-order chi connectivity index (χ0) is 15.8. The molecule has 1 aliphatic heterocycles. The molecule has 1 saturated heterocycles. The van der Waals surface area contributed by atoms with Crippen molar-refractivity contribution in [2.75, 3.05) is 26.2 Å². The molecule has 118 valence electrons. The number of piperidine rings is 1. The van der Waals surface area contributed by atoms with Crippen LogP contribution in [0.3, 0.4) is 0 Å². The van der Waals surface area contributed by atoms with Crippen LogP contribution >= 0.6 is 0 Å². The number of rotatable bonds is 4. The zero-order valence-corrected chi connectivity index (χ0v) is 13.8. The summed E-state index contributed by atoms with van der Waals surface area (Å²) < 4.78 is 0. The standard InChI is InChI=1S/C19H27N3/c1-4-13-21-19(20-6-3)22-14-12-18(16(5-2)15-22)17-10-8-7-9-11-17/h1,7-11,16,18H,5-6,12-15H2,2-3H3,(H,20,21). The molecule has 3 nitrogen and oxygen atoms in total. The summed E-state index contributed by atoms with van der Waals surface area (Å²) in [6.07, 6.45) is 7.71. The second-order valence-corrected chi connectivity index (χ2v) is 5.79. The van der Waals surface area contributed by atoms with Gasteiger partial charge >= 0.3 is 0 Å². The number of hydrogen-bond donors (Lipinski definition) is 1. The molecule has 0 amide bonds. The van der Waals surface area contributed by atoms with E-state index in [2.05, 4.69) is 65.3 Å². The molecule has 1 N–H and O–H groups in total. The number of likely N-dealkylation sites (tertiary alicyclic amines) is 1. The molecular weight excluding hydrogens is 270 g/mol. The molecule has 3 heteroatoms. The number of nitrogens with one attached hydrogen (secondary N) is 1. The molecule has 0 spiro atoms. The van der Waals surface area contributed by atoms with E-state index in [1.165, 1.54) is 18.4 Å². The number of benzene rings is 1. The lowest BCUT2D eigenvalue weighted by Crippen LogP contribution is -2.48. The first-order chi connectivity index (χ1) is 10.8. The van der Waals surface area contributed by atoms with Gasteiger partial charge in [0.15, 0.2) is 5.96 Å². The number of nitrogens with zero attached hydrogens (tertiary/aromatic N) is 2. The Bertz CT molecular complexity index is 515. The van der Waals surface area contributed by atoms with Crippen molar-refractivity contribution in [3.8, 4) is 12.3 Å². The Balaban J connectivity index is 2.10. The summed E-state index contributed by atoms with van der Waals surface area (Å²) in [5.41, 5.74) is 1.47. The monoisotopic (exact) mass is 297 g/mol. The highest BCUT2D eigenvalue weighted by atomic mass is 15.3. The van der Waals surface area contributed by atoms with Gasteiger partial charge in [-0.2, -0.15) is 0 Å². The van der Waals surface area contributed by atoms with Gasteiger partial charge in [0.1, 0.15) is 6.54 Å². The summed E-state index contributed by atoms with van der Waals surface area (Å²) >= 11 is 0. The number of guanidine groups is 1. The molecule has 2 rings (SSSR count). The fourth-order valence-electron chi connectivity index (χ4n) is 3.32. The SMILES string of the molecule is C#CCN=C(NCC)N1CCC(c2ccccc2)C(CC)C1. The first-order valence-electron chi connectivity index (χ1n) is 8.31. The van der Waals surface area contributed by atoms with Crippen LogP contribution in [0.4, 0.5) is 0 Å². The van der Waals surface area contributed by atoms with Crippen molar-refractivity contribution in [2.24, 2.45) is 10.9 Å². The van der Waals surface area contributed by atoms with E-state index in [4.69, 9.17) is 6.42 Å². The van der Waals surface area contributed by atoms with Crippen LogP contribution in [0.1, 0.15) is 38.2 Å². The van der Waals surface area contributed by atoms with Crippen LogP contribution in [-0.4, -0.2) is 37.0 Å². The average Bonchev–Trinajstić information content (AvgIpc) is 2.59. The van der Waals surface area contributed by atoms with Crippen molar-refractivity contribution in [2.45, 2.75) is 32.6 Å². The van der Waals surface area contributed by atoms with Gasteiger partial charge in [-0.1, -0.05) is 49.6 Å². The van der Waals surface area contributed by atoms with Gasteiger partial charge in [0.05, 0.1) is 0 Å². The Kier molecular flexibility index (Phi) is 6.33. The minimum absolute atomic E-state index is 0.442. The van der Waals surface area contributed by atoms with Gasteiger partial charge in [-0.15, -0.1) is 6.42 Å². The Morgan fingerprint density at radius 3 is 2.77 bits per heavy atom. The van der Waals surface area contributed by atoms with Gasteiger partial charge in [-0.25, -0.2) is 4.99 Å². The van der Waals surface area contributed by atoms with Crippen LogP contribution in [0, 0.1) is 18.3 Å². The maximum atomic E-state index is 5.35. The Morgan fingerprint density at radius 1 is 1.36 bits per heavy atom. The van der Waals surface area contributed by atoms with E-state index < -0.39 is 0 Å². The lowest BCUT2D eigenvalue weighted by Gasteiger charge is -2.40. The van der Waals surface area contributed by atoms with Crippen LogP contribution in [0.2, 0.25) is 0 Å². The summed E-state index contributed by atoms with van der Waals surface area (Å²) in [4.78, 5) is 6.89. The van der Waals surface area contributed by atoms with Crippen molar-refractivity contribution >= 4 is 5.96 Å². The third kappa shape index (κ3) is 4.04. The lowest BCUT2D eigenvalue weighted by atomic mass is 9.79. The van der Waals surface area contributed by atoms with Gasteiger partial charge in [0.25, 0.3) is 0 Å². The highest BCUT2D eigenvalue weighted by Gasteiger charge is 2.30. The fraction of sp³-hybridized carbons (Fsp3) is 0.526. The van der Waals surface area contributed by atoms with Crippen molar-refractivity contribution < 1.29 is 0 Å². The molecule has 0 aliphatic carbocycles. The molecule has 2 atom stereocenters. The van der Waals surface area contributed by atoms with Gasteiger partial charge in [0, 0.05) is 19.6 Å². The van der Waals surface area contributed by atoms with Gasteiger partial charge in [0.2, 0.25) is 0 Å². The Morgan fingerprint density at radius 2 is 2.14 bits per heavy atom. The lowest BCUT2D eigenvalue weighted by molar-refractivity contribution is 0.216. The zero-order valence-electron chi connectivity index (χ0n) is 13.8. The molecule has 2 unspecified atom stereocenters. The van der Waals surface area contributed by atoms with Crippen molar-refractivity contribution in [1.82, 2.24) is 10.2 Å². The molecule has 0 bridgehead atoms. The van der Waals surface area contributed by atoms with Crippen LogP contribution in [0.5, 0.6) is 0 Å². The highest BCUT2D eigenvalue weighted by Crippen LogP contribution is 2.34. The Hall–Kier alpha value is -1.95. The van der Waals surface area contributed by atoms with Gasteiger partial charge < -0.3 is 10.2 Å². The van der Waals surface area contributed by atoms with E-state index in [1.807, 2.05) is 0 Å². The Labute approximate surface area is 134 Å². The first kappa shape index (κ1) is 16.4. The molecule has 0 saturated carbocycles. The molecule has 22 heavy (non-hydrogen) atoms. The largest absolute Gasteiger partial charge is 0.356 e. The van der Waals surface area contributed by atoms with Gasteiger partial charge in [-0.05, 0) is 30.7 Å². The number of terminal acetylenes is 1. The van der Waals surface area contributed by atoms with Gasteiger partial charge in [-0.3, -0.25) is 0 Å². The van der Waals surface area contributed by atoms with E-state index in [0.717, 1.165) is 25.6 Å². The van der Waals surface area contributed by atoms with Crippen molar-refractivity contribution in [3.05, 3.63) is 35.9 Å². The maximum Gasteiger partial charge on any atom is 0.194 e. The topological polar surface area (TPSA) is 27.6 Å². The summed E-state index contributed by atoms with van der Waals surface area (Å²) in [6, 6.07) is 10.9. The molecule has 1 aromatic carbocycles. The minimum atomic E-state index is 0.442. The van der Waals surface area contributed by atoms with Crippen LogP contribution in [0.15, 0.2) is 35.3 Å². The van der Waals surface area contributed by atoms with E-state index in [9.17, 15) is 0 Å². The predicted molar refractivity (Wildman–Crippen MR) is 94.0 cm³/mol. The first-order valence-corrected chi connectivity index (χ1v) is 8.31. The molecular formula is C19H27N3. The van der Waals surface area contributed by atoms with E-state index in [0.29, 0.717) is 18.4 Å². The third-order valence-electron chi connectivity index (χ3n) is 4.44. The third-order valence-corrected chi connectivity index (χ3v) is 4.44. The second kappa shape index (κ2) is 8.48.